The van der Waals surface area contributed by atoms with Gasteiger partial charge in [-0.1, -0.05) is 12.1 Å². The maximum Gasteiger partial charge on any atom is 0.255 e. The number of nitrogens with zero attached hydrogens (tertiary/aromatic N) is 2. The van der Waals surface area contributed by atoms with Crippen LogP contribution in [0.4, 0.5) is 0 Å². The molecule has 0 radical (unpaired) electrons. The molecular weight excluding hydrogens is 280 g/mol. The number of carbonyl (C=O) groups excluding carboxylic acids is 1. The molecule has 6 heteroatoms. The number of aromatic nitrogens is 2. The maximum atomic E-state index is 12.3. The third kappa shape index (κ3) is 3.00. The van der Waals surface area contributed by atoms with E-state index in [0.717, 1.165) is 24.3 Å². The molecular formula is C16H16N4O2. The van der Waals surface area contributed by atoms with E-state index in [9.17, 15) is 4.79 Å². The van der Waals surface area contributed by atoms with Crippen molar-refractivity contribution < 1.29 is 9.53 Å². The molecule has 2 aromatic rings. The summed E-state index contributed by atoms with van der Waals surface area (Å²) in [5, 5.41) is 18.5. The third-order valence-corrected chi connectivity index (χ3v) is 3.79. The van der Waals surface area contributed by atoms with E-state index in [1.165, 1.54) is 0 Å². The van der Waals surface area contributed by atoms with Crippen LogP contribution < -0.4 is 5.32 Å². The minimum absolute atomic E-state index is 0.153. The van der Waals surface area contributed by atoms with Gasteiger partial charge >= 0.3 is 0 Å². The smallest absolute Gasteiger partial charge is 0.255 e. The van der Waals surface area contributed by atoms with Crippen molar-refractivity contribution in [1.29, 1.82) is 5.26 Å². The predicted molar refractivity (Wildman–Crippen MR) is 79.1 cm³/mol. The number of ether oxygens (including phenoxy) is 1. The fourth-order valence-corrected chi connectivity index (χ4v) is 2.53. The molecule has 0 bridgehead atoms. The second-order valence-corrected chi connectivity index (χ2v) is 5.25. The van der Waals surface area contributed by atoms with Gasteiger partial charge in [-0.25, -0.2) is 0 Å². The van der Waals surface area contributed by atoms with Crippen LogP contribution in [0.1, 0.15) is 39.5 Å². The lowest BCUT2D eigenvalue weighted by atomic mass is 10.0. The second kappa shape index (κ2) is 6.41. The van der Waals surface area contributed by atoms with Crippen LogP contribution in [0.3, 0.4) is 0 Å². The van der Waals surface area contributed by atoms with E-state index in [2.05, 4.69) is 21.6 Å². The monoisotopic (exact) mass is 296 g/mol. The Kier molecular flexibility index (Phi) is 4.17. The van der Waals surface area contributed by atoms with Crippen LogP contribution in [-0.2, 0) is 11.3 Å². The van der Waals surface area contributed by atoms with Crippen molar-refractivity contribution in [3.05, 3.63) is 52.8 Å². The number of nitrogens with one attached hydrogen (secondary N) is 2. The Bertz CT molecular complexity index is 694. The second-order valence-electron chi connectivity index (χ2n) is 5.25. The molecule has 1 fully saturated rings. The molecule has 1 saturated heterocycles. The van der Waals surface area contributed by atoms with Gasteiger partial charge in [-0.3, -0.25) is 9.89 Å². The molecule has 2 heterocycles. The molecule has 0 aliphatic carbocycles. The first kappa shape index (κ1) is 14.3. The van der Waals surface area contributed by atoms with E-state index in [1.807, 2.05) is 12.1 Å². The van der Waals surface area contributed by atoms with E-state index >= 15 is 0 Å². The fraction of sp³-hybridized carbons (Fsp3) is 0.312. The van der Waals surface area contributed by atoms with E-state index in [-0.39, 0.29) is 11.8 Å². The summed E-state index contributed by atoms with van der Waals surface area (Å²) in [6.45, 7) is 1.75. The quantitative estimate of drug-likeness (QED) is 0.898. The summed E-state index contributed by atoms with van der Waals surface area (Å²) >= 11 is 0. The number of amides is 1. The summed E-state index contributed by atoms with van der Waals surface area (Å²) in [7, 11) is 0. The topological polar surface area (TPSA) is 90.8 Å². The van der Waals surface area contributed by atoms with Gasteiger partial charge in [-0.15, -0.1) is 0 Å². The largest absolute Gasteiger partial charge is 0.381 e. The normalized spacial score (nSPS) is 17.1. The Hall–Kier alpha value is -2.65. The summed E-state index contributed by atoms with van der Waals surface area (Å²) in [6, 6.07) is 9.21. The van der Waals surface area contributed by atoms with Crippen molar-refractivity contribution in [1.82, 2.24) is 15.5 Å². The molecule has 1 atom stereocenters. The van der Waals surface area contributed by atoms with Crippen LogP contribution in [0, 0.1) is 11.3 Å². The fourth-order valence-electron chi connectivity index (χ4n) is 2.53. The number of nitriles is 1. The number of rotatable bonds is 4. The number of H-pyrrole nitrogens is 1. The van der Waals surface area contributed by atoms with Crippen LogP contribution in [0.5, 0.6) is 0 Å². The summed E-state index contributed by atoms with van der Waals surface area (Å²) in [4.78, 5) is 12.3. The lowest BCUT2D eigenvalue weighted by Crippen LogP contribution is -2.24. The molecule has 0 spiro atoms. The van der Waals surface area contributed by atoms with Gasteiger partial charge in [0.2, 0.25) is 0 Å². The van der Waals surface area contributed by atoms with Crippen molar-refractivity contribution in [3.63, 3.8) is 0 Å². The highest BCUT2D eigenvalue weighted by Gasteiger charge is 2.25. The zero-order valence-electron chi connectivity index (χ0n) is 12.0. The number of hydrogen-bond acceptors (Lipinski definition) is 4. The molecule has 1 aliphatic heterocycles. The van der Waals surface area contributed by atoms with E-state index in [4.69, 9.17) is 10.00 Å². The standard InChI is InChI=1S/C16H16N4O2/c17-7-11-1-3-12(4-2-11)8-18-16(21)14-9-19-20-15(14)13-5-6-22-10-13/h1-4,9,13H,5-6,8,10H2,(H,18,21)(H,19,20)/t13-/m1/s1. The highest BCUT2D eigenvalue weighted by Crippen LogP contribution is 2.26. The Morgan fingerprint density at radius 1 is 1.45 bits per heavy atom. The molecule has 2 N–H and O–H groups in total. The molecule has 112 valence electrons. The Morgan fingerprint density at radius 3 is 2.95 bits per heavy atom. The van der Waals surface area contributed by atoms with Crippen molar-refractivity contribution in [3.8, 4) is 6.07 Å². The zero-order valence-corrected chi connectivity index (χ0v) is 12.0. The first-order valence-corrected chi connectivity index (χ1v) is 7.16. The minimum atomic E-state index is -0.153. The lowest BCUT2D eigenvalue weighted by Gasteiger charge is -2.09. The number of aromatic amines is 1. The summed E-state index contributed by atoms with van der Waals surface area (Å²) in [6.07, 6.45) is 2.46. The van der Waals surface area contributed by atoms with E-state index in [1.54, 1.807) is 18.3 Å². The van der Waals surface area contributed by atoms with Gasteiger partial charge in [0.25, 0.3) is 5.91 Å². The summed E-state index contributed by atoms with van der Waals surface area (Å²) in [5.41, 5.74) is 2.97. The molecule has 22 heavy (non-hydrogen) atoms. The molecule has 1 aliphatic rings. The summed E-state index contributed by atoms with van der Waals surface area (Å²) in [5.74, 6) is 0.0539. The van der Waals surface area contributed by atoms with Gasteiger partial charge in [0, 0.05) is 19.1 Å². The van der Waals surface area contributed by atoms with Gasteiger partial charge in [0.15, 0.2) is 0 Å². The first-order valence-electron chi connectivity index (χ1n) is 7.16. The minimum Gasteiger partial charge on any atom is -0.381 e. The van der Waals surface area contributed by atoms with Crippen molar-refractivity contribution in [2.75, 3.05) is 13.2 Å². The Labute approximate surface area is 128 Å². The van der Waals surface area contributed by atoms with Gasteiger partial charge in [0.1, 0.15) is 0 Å². The third-order valence-electron chi connectivity index (χ3n) is 3.79. The first-order chi connectivity index (χ1) is 10.8. The number of benzene rings is 1. The van der Waals surface area contributed by atoms with Crippen LogP contribution >= 0.6 is 0 Å². The number of carbonyl (C=O) groups is 1. The molecule has 1 aromatic heterocycles. The van der Waals surface area contributed by atoms with Crippen LogP contribution in [-0.4, -0.2) is 29.3 Å². The van der Waals surface area contributed by atoms with Crippen molar-refractivity contribution in [2.45, 2.75) is 18.9 Å². The Morgan fingerprint density at radius 2 is 2.27 bits per heavy atom. The molecule has 1 aromatic carbocycles. The molecule has 0 saturated carbocycles. The lowest BCUT2D eigenvalue weighted by molar-refractivity contribution is 0.0949. The van der Waals surface area contributed by atoms with Gasteiger partial charge < -0.3 is 10.1 Å². The average Bonchev–Trinajstić information content (AvgIpc) is 3.23. The van der Waals surface area contributed by atoms with E-state index in [0.29, 0.717) is 24.3 Å². The van der Waals surface area contributed by atoms with E-state index < -0.39 is 0 Å². The highest BCUT2D eigenvalue weighted by atomic mass is 16.5. The number of hydrogen-bond donors (Lipinski definition) is 2. The average molecular weight is 296 g/mol. The van der Waals surface area contributed by atoms with Crippen molar-refractivity contribution >= 4 is 5.91 Å². The molecule has 6 nitrogen and oxygen atoms in total. The van der Waals surface area contributed by atoms with Crippen LogP contribution in [0.2, 0.25) is 0 Å². The maximum absolute atomic E-state index is 12.3. The van der Waals surface area contributed by atoms with Crippen LogP contribution in [0.15, 0.2) is 30.5 Å². The summed E-state index contributed by atoms with van der Waals surface area (Å²) < 4.78 is 5.36. The van der Waals surface area contributed by atoms with Gasteiger partial charge in [0.05, 0.1) is 35.7 Å². The van der Waals surface area contributed by atoms with Crippen LogP contribution in [0.25, 0.3) is 0 Å². The molecule has 3 rings (SSSR count). The zero-order chi connectivity index (χ0) is 15.4. The highest BCUT2D eigenvalue weighted by molar-refractivity contribution is 5.95. The Balaban J connectivity index is 1.64. The molecule has 0 unspecified atom stereocenters. The predicted octanol–water partition coefficient (Wildman–Crippen LogP) is 1.72. The van der Waals surface area contributed by atoms with Gasteiger partial charge in [-0.2, -0.15) is 10.4 Å². The van der Waals surface area contributed by atoms with Crippen molar-refractivity contribution in [2.24, 2.45) is 0 Å². The van der Waals surface area contributed by atoms with Gasteiger partial charge in [-0.05, 0) is 24.1 Å². The molecule has 1 amide bonds. The SMILES string of the molecule is N#Cc1ccc(CNC(=O)c2cn[nH]c2[C@@H]2CCOC2)cc1.